The summed E-state index contributed by atoms with van der Waals surface area (Å²) < 4.78 is 0. The average molecular weight is 309 g/mol. The molecule has 20 heavy (non-hydrogen) atoms. The highest BCUT2D eigenvalue weighted by Crippen LogP contribution is 2.29. The Morgan fingerprint density at radius 1 is 1.15 bits per heavy atom. The van der Waals surface area contributed by atoms with E-state index >= 15 is 0 Å². The summed E-state index contributed by atoms with van der Waals surface area (Å²) in [5.41, 5.74) is 3.92. The Morgan fingerprint density at radius 3 is 2.55 bits per heavy atom. The van der Waals surface area contributed by atoms with Gasteiger partial charge in [0, 0.05) is 28.9 Å². The molecule has 1 heterocycles. The zero-order chi connectivity index (χ0) is 14.7. The molecule has 2 aromatic rings. The molecule has 0 amide bonds. The molecule has 2 rings (SSSR count). The lowest BCUT2D eigenvalue weighted by Gasteiger charge is -2.12. The van der Waals surface area contributed by atoms with E-state index in [0.717, 1.165) is 23.5 Å². The normalized spacial score (nSPS) is 11.1. The van der Waals surface area contributed by atoms with Crippen LogP contribution in [0.1, 0.15) is 25.1 Å². The van der Waals surface area contributed by atoms with Gasteiger partial charge in [0.25, 0.3) is 0 Å². The molecule has 2 nitrogen and oxygen atoms in total. The first-order valence-corrected chi connectivity index (χ1v) is 7.38. The maximum atomic E-state index is 6.21. The van der Waals surface area contributed by atoms with Crippen molar-refractivity contribution in [1.82, 2.24) is 10.3 Å². The second kappa shape index (κ2) is 6.57. The Morgan fingerprint density at radius 2 is 1.90 bits per heavy atom. The van der Waals surface area contributed by atoms with E-state index in [1.54, 1.807) is 12.1 Å². The molecule has 1 N–H and O–H groups in total. The number of pyridine rings is 1. The van der Waals surface area contributed by atoms with E-state index in [2.05, 4.69) is 30.2 Å². The molecule has 0 aliphatic rings. The SMILES string of the molecule is Cc1nc(-c2cc(Cl)ccc2Cl)ccc1CNC(C)C. The zero-order valence-electron chi connectivity index (χ0n) is 11.9. The summed E-state index contributed by atoms with van der Waals surface area (Å²) in [5, 5.41) is 4.72. The van der Waals surface area contributed by atoms with E-state index in [-0.39, 0.29) is 0 Å². The topological polar surface area (TPSA) is 24.9 Å². The number of rotatable bonds is 4. The molecule has 0 aliphatic heterocycles. The smallest absolute Gasteiger partial charge is 0.0720 e. The van der Waals surface area contributed by atoms with Crippen molar-refractivity contribution >= 4 is 23.2 Å². The lowest BCUT2D eigenvalue weighted by molar-refractivity contribution is 0.586. The number of hydrogen-bond donors (Lipinski definition) is 1. The molecule has 0 aliphatic carbocycles. The van der Waals surface area contributed by atoms with Crippen LogP contribution in [0.15, 0.2) is 30.3 Å². The predicted octanol–water partition coefficient (Wildman–Crippen LogP) is 4.86. The van der Waals surface area contributed by atoms with Gasteiger partial charge in [-0.15, -0.1) is 0 Å². The minimum Gasteiger partial charge on any atom is -0.310 e. The van der Waals surface area contributed by atoms with Gasteiger partial charge in [-0.1, -0.05) is 43.1 Å². The van der Waals surface area contributed by atoms with Crippen molar-refractivity contribution < 1.29 is 0 Å². The molecule has 0 spiro atoms. The van der Waals surface area contributed by atoms with Crippen LogP contribution in [-0.4, -0.2) is 11.0 Å². The van der Waals surface area contributed by atoms with Gasteiger partial charge in [0.1, 0.15) is 0 Å². The van der Waals surface area contributed by atoms with Crippen molar-refractivity contribution in [3.63, 3.8) is 0 Å². The molecule has 0 bridgehead atoms. The van der Waals surface area contributed by atoms with Crippen LogP contribution < -0.4 is 5.32 Å². The highest BCUT2D eigenvalue weighted by molar-refractivity contribution is 6.35. The Kier molecular flexibility index (Phi) is 5.03. The lowest BCUT2D eigenvalue weighted by atomic mass is 10.1. The summed E-state index contributed by atoms with van der Waals surface area (Å²) in [5.74, 6) is 0. The third kappa shape index (κ3) is 3.72. The van der Waals surface area contributed by atoms with Gasteiger partial charge < -0.3 is 5.32 Å². The van der Waals surface area contributed by atoms with Gasteiger partial charge in [-0.3, -0.25) is 4.98 Å². The molecule has 0 saturated heterocycles. The van der Waals surface area contributed by atoms with Gasteiger partial charge in [-0.2, -0.15) is 0 Å². The van der Waals surface area contributed by atoms with E-state index in [9.17, 15) is 0 Å². The molecule has 4 heteroatoms. The van der Waals surface area contributed by atoms with Crippen LogP contribution in [0, 0.1) is 6.92 Å². The second-order valence-electron chi connectivity index (χ2n) is 5.10. The maximum Gasteiger partial charge on any atom is 0.0720 e. The largest absolute Gasteiger partial charge is 0.310 e. The number of halogens is 2. The first-order chi connectivity index (χ1) is 9.47. The van der Waals surface area contributed by atoms with Gasteiger partial charge in [0.15, 0.2) is 0 Å². The monoisotopic (exact) mass is 308 g/mol. The van der Waals surface area contributed by atoms with Crippen LogP contribution in [0.25, 0.3) is 11.3 Å². The van der Waals surface area contributed by atoms with Crippen LogP contribution in [0.2, 0.25) is 10.0 Å². The number of hydrogen-bond acceptors (Lipinski definition) is 2. The summed E-state index contributed by atoms with van der Waals surface area (Å²) in [4.78, 5) is 4.64. The third-order valence-corrected chi connectivity index (χ3v) is 3.67. The zero-order valence-corrected chi connectivity index (χ0v) is 13.4. The molecular formula is C16H18Cl2N2. The maximum absolute atomic E-state index is 6.21. The minimum absolute atomic E-state index is 0.455. The van der Waals surface area contributed by atoms with Crippen LogP contribution in [0.3, 0.4) is 0 Å². The number of aromatic nitrogens is 1. The van der Waals surface area contributed by atoms with Crippen molar-refractivity contribution in [3.05, 3.63) is 51.6 Å². The fourth-order valence-electron chi connectivity index (χ4n) is 1.93. The Bertz CT molecular complexity index is 609. The van der Waals surface area contributed by atoms with Gasteiger partial charge in [0.05, 0.1) is 10.7 Å². The minimum atomic E-state index is 0.455. The highest BCUT2D eigenvalue weighted by Gasteiger charge is 2.08. The van der Waals surface area contributed by atoms with Crippen molar-refractivity contribution in [2.45, 2.75) is 33.4 Å². The average Bonchev–Trinajstić information content (AvgIpc) is 2.40. The molecular weight excluding hydrogens is 291 g/mol. The Labute approximate surface area is 130 Å². The van der Waals surface area contributed by atoms with E-state index < -0.39 is 0 Å². The summed E-state index contributed by atoms with van der Waals surface area (Å²) in [7, 11) is 0. The first kappa shape index (κ1) is 15.3. The van der Waals surface area contributed by atoms with Crippen molar-refractivity contribution in [2.24, 2.45) is 0 Å². The van der Waals surface area contributed by atoms with E-state index in [1.165, 1.54) is 5.56 Å². The van der Waals surface area contributed by atoms with Gasteiger partial charge >= 0.3 is 0 Å². The fraction of sp³-hybridized carbons (Fsp3) is 0.312. The third-order valence-electron chi connectivity index (χ3n) is 3.10. The van der Waals surface area contributed by atoms with E-state index in [4.69, 9.17) is 23.2 Å². The number of nitrogens with zero attached hydrogens (tertiary/aromatic N) is 1. The first-order valence-electron chi connectivity index (χ1n) is 6.62. The van der Waals surface area contributed by atoms with Crippen molar-refractivity contribution in [2.75, 3.05) is 0 Å². The molecule has 0 saturated carbocycles. The highest BCUT2D eigenvalue weighted by atomic mass is 35.5. The number of nitrogens with one attached hydrogen (secondary N) is 1. The molecule has 1 aromatic heterocycles. The van der Waals surface area contributed by atoms with Gasteiger partial charge in [-0.05, 0) is 36.8 Å². The van der Waals surface area contributed by atoms with Crippen molar-refractivity contribution in [3.8, 4) is 11.3 Å². The standard InChI is InChI=1S/C16H18Cl2N2/c1-10(2)19-9-12-4-7-16(20-11(12)3)14-8-13(17)5-6-15(14)18/h4-8,10,19H,9H2,1-3H3. The van der Waals surface area contributed by atoms with Gasteiger partial charge in [-0.25, -0.2) is 0 Å². The lowest BCUT2D eigenvalue weighted by Crippen LogP contribution is -2.22. The molecule has 0 radical (unpaired) electrons. The van der Waals surface area contributed by atoms with Crippen molar-refractivity contribution in [1.29, 1.82) is 0 Å². The molecule has 106 valence electrons. The molecule has 0 atom stereocenters. The quantitative estimate of drug-likeness (QED) is 0.872. The number of aryl methyl sites for hydroxylation is 1. The predicted molar refractivity (Wildman–Crippen MR) is 86.4 cm³/mol. The Balaban J connectivity index is 2.31. The second-order valence-corrected chi connectivity index (χ2v) is 5.94. The van der Waals surface area contributed by atoms with E-state index in [1.807, 2.05) is 19.1 Å². The van der Waals surface area contributed by atoms with E-state index in [0.29, 0.717) is 16.1 Å². The fourth-order valence-corrected chi connectivity index (χ4v) is 2.32. The summed E-state index contributed by atoms with van der Waals surface area (Å²) in [6.07, 6.45) is 0. The summed E-state index contributed by atoms with van der Waals surface area (Å²) in [6.45, 7) is 7.09. The molecule has 1 aromatic carbocycles. The summed E-state index contributed by atoms with van der Waals surface area (Å²) in [6, 6.07) is 9.95. The van der Waals surface area contributed by atoms with Crippen LogP contribution in [0.4, 0.5) is 0 Å². The Hall–Kier alpha value is -1.09. The number of benzene rings is 1. The molecule has 0 unspecified atom stereocenters. The van der Waals surface area contributed by atoms with Crippen LogP contribution in [-0.2, 0) is 6.54 Å². The van der Waals surface area contributed by atoms with Gasteiger partial charge in [0.2, 0.25) is 0 Å². The summed E-state index contributed by atoms with van der Waals surface area (Å²) >= 11 is 12.2. The molecule has 0 fully saturated rings. The van der Waals surface area contributed by atoms with Crippen LogP contribution in [0.5, 0.6) is 0 Å². The van der Waals surface area contributed by atoms with Crippen LogP contribution >= 0.6 is 23.2 Å².